The predicted octanol–water partition coefficient (Wildman–Crippen LogP) is 14.6. The van der Waals surface area contributed by atoms with Crippen molar-refractivity contribution in [2.24, 2.45) is 0 Å². The Kier molecular flexibility index (Phi) is 5.65. The van der Waals surface area contributed by atoms with Gasteiger partial charge in [-0.15, -0.1) is 0 Å². The summed E-state index contributed by atoms with van der Waals surface area (Å²) in [4.78, 5) is 0. The zero-order valence-corrected chi connectivity index (χ0v) is 30.0. The zero-order valence-electron chi connectivity index (χ0n) is 30.0. The molecule has 0 N–H and O–H groups in total. The Morgan fingerprint density at radius 3 is 1.51 bits per heavy atom. The van der Waals surface area contributed by atoms with Crippen LogP contribution in [0.2, 0.25) is 0 Å². The van der Waals surface area contributed by atoms with Gasteiger partial charge in [-0.1, -0.05) is 188 Å². The molecule has 0 aromatic heterocycles. The van der Waals surface area contributed by atoms with E-state index in [1.54, 1.807) is 0 Å². The Hall–Kier alpha value is -7.02. The molecule has 0 amide bonds. The van der Waals surface area contributed by atoms with Gasteiger partial charge in [0.25, 0.3) is 0 Å². The maximum Gasteiger partial charge on any atom is 0.0731 e. The summed E-state index contributed by atoms with van der Waals surface area (Å²) in [6.07, 6.45) is 0. The topological polar surface area (TPSA) is 0 Å². The second kappa shape index (κ2) is 10.6. The predicted molar refractivity (Wildman–Crippen MR) is 232 cm³/mol. The largest absolute Gasteiger partial charge is 0.0731 e. The Bertz CT molecular complexity index is 3370. The van der Waals surface area contributed by atoms with Crippen LogP contribution < -0.4 is 0 Å². The van der Waals surface area contributed by atoms with Gasteiger partial charge in [0.2, 0.25) is 0 Å². The number of fused-ring (bicyclic) bond motifs is 14. The van der Waals surface area contributed by atoms with Crippen LogP contribution in [-0.4, -0.2) is 0 Å². The van der Waals surface area contributed by atoms with Crippen molar-refractivity contribution < 1.29 is 0 Å². The van der Waals surface area contributed by atoms with E-state index in [2.05, 4.69) is 194 Å². The van der Waals surface area contributed by atoms with Crippen LogP contribution in [0.15, 0.2) is 194 Å². The van der Waals surface area contributed by atoms with Crippen molar-refractivity contribution in [2.75, 3.05) is 0 Å². The maximum atomic E-state index is 2.58. The normalized spacial score (nSPS) is 13.6. The molecule has 0 fully saturated rings. The zero-order chi connectivity index (χ0) is 35.8. The molecule has 1 spiro atoms. The summed E-state index contributed by atoms with van der Waals surface area (Å²) in [6.45, 7) is 0. The standard InChI is InChI=1S/C55H32/c1-2-15-37-33(12-1)26-31-46-53-44-21-6-5-18-40(44)47(32-50(53)55(54(37)46)48-22-9-7-19-42(48)43-20-8-10-23-49(43)55)39-17-4-3-16-38(39)41-29-27-36-25-24-34-13-11-14-35-28-30-45(41)52(36)51(34)35/h1-32H. The SMILES string of the molecule is c1ccc(-c2ccc3ccc4cccc5ccc2c3c45)c(-c2cc3c(c4ccccc24)-c2ccc4ccccc4c2C32c3ccccc3-c3ccccc32)c1. The van der Waals surface area contributed by atoms with E-state index in [0.29, 0.717) is 0 Å². The molecule has 11 aromatic rings. The third kappa shape index (κ3) is 3.62. The van der Waals surface area contributed by atoms with Crippen LogP contribution in [0.4, 0.5) is 0 Å². The lowest BCUT2D eigenvalue weighted by molar-refractivity contribution is 0.802. The fourth-order valence-corrected chi connectivity index (χ4v) is 10.9. The van der Waals surface area contributed by atoms with Gasteiger partial charge in [0.1, 0.15) is 0 Å². The van der Waals surface area contributed by atoms with Crippen molar-refractivity contribution in [2.45, 2.75) is 5.41 Å². The van der Waals surface area contributed by atoms with E-state index in [4.69, 9.17) is 0 Å². The summed E-state index contributed by atoms with van der Waals surface area (Å²) < 4.78 is 0. The molecule has 13 rings (SSSR count). The fraction of sp³-hybridized carbons (Fsp3) is 0.0182. The van der Waals surface area contributed by atoms with E-state index >= 15 is 0 Å². The van der Waals surface area contributed by atoms with Gasteiger partial charge in [-0.05, 0) is 127 Å². The van der Waals surface area contributed by atoms with Gasteiger partial charge >= 0.3 is 0 Å². The summed E-state index contributed by atoms with van der Waals surface area (Å²) in [7, 11) is 0. The summed E-state index contributed by atoms with van der Waals surface area (Å²) in [5, 5.41) is 13.1. The Morgan fingerprint density at radius 1 is 0.255 bits per heavy atom. The van der Waals surface area contributed by atoms with Crippen molar-refractivity contribution in [3.8, 4) is 44.5 Å². The third-order valence-corrected chi connectivity index (χ3v) is 13.0. The molecule has 55 heavy (non-hydrogen) atoms. The summed E-state index contributed by atoms with van der Waals surface area (Å²) in [6, 6.07) is 73.4. The van der Waals surface area contributed by atoms with Gasteiger partial charge < -0.3 is 0 Å². The number of hydrogen-bond donors (Lipinski definition) is 0. The lowest BCUT2D eigenvalue weighted by atomic mass is 9.69. The first-order valence-corrected chi connectivity index (χ1v) is 19.4. The molecule has 0 aliphatic heterocycles. The molecule has 0 heteroatoms. The second-order valence-electron chi connectivity index (χ2n) is 15.5. The third-order valence-electron chi connectivity index (χ3n) is 13.0. The van der Waals surface area contributed by atoms with Crippen molar-refractivity contribution in [3.63, 3.8) is 0 Å². The van der Waals surface area contributed by atoms with Crippen LogP contribution in [0, 0.1) is 0 Å². The molecule has 0 atom stereocenters. The van der Waals surface area contributed by atoms with Gasteiger partial charge in [-0.2, -0.15) is 0 Å². The Labute approximate surface area is 318 Å². The first kappa shape index (κ1) is 29.4. The fourth-order valence-electron chi connectivity index (χ4n) is 10.9. The molecule has 0 saturated heterocycles. The van der Waals surface area contributed by atoms with Crippen LogP contribution in [-0.2, 0) is 5.41 Å². The molecule has 0 bridgehead atoms. The average molecular weight is 693 g/mol. The average Bonchev–Trinajstić information content (AvgIpc) is 3.73. The molecule has 0 heterocycles. The lowest BCUT2D eigenvalue weighted by Crippen LogP contribution is -2.26. The van der Waals surface area contributed by atoms with Gasteiger partial charge in [-0.25, -0.2) is 0 Å². The molecule has 0 saturated carbocycles. The highest BCUT2D eigenvalue weighted by molar-refractivity contribution is 6.26. The molecule has 11 aromatic carbocycles. The minimum Gasteiger partial charge on any atom is -0.0619 e. The number of benzene rings is 11. The summed E-state index contributed by atoms with van der Waals surface area (Å²) >= 11 is 0. The van der Waals surface area contributed by atoms with Gasteiger partial charge in [0, 0.05) is 0 Å². The van der Waals surface area contributed by atoms with Crippen molar-refractivity contribution >= 4 is 53.9 Å². The van der Waals surface area contributed by atoms with Crippen LogP contribution in [0.1, 0.15) is 22.3 Å². The molecule has 0 unspecified atom stereocenters. The molecule has 0 nitrogen and oxygen atoms in total. The molecule has 2 aliphatic carbocycles. The van der Waals surface area contributed by atoms with E-state index in [-0.39, 0.29) is 0 Å². The summed E-state index contributed by atoms with van der Waals surface area (Å²) in [5.41, 5.74) is 15.4. The highest BCUT2D eigenvalue weighted by atomic mass is 14.5. The lowest BCUT2D eigenvalue weighted by Gasteiger charge is -2.32. The van der Waals surface area contributed by atoms with Crippen LogP contribution in [0.3, 0.4) is 0 Å². The van der Waals surface area contributed by atoms with Gasteiger partial charge in [-0.3, -0.25) is 0 Å². The number of rotatable bonds is 2. The number of hydrogen-bond acceptors (Lipinski definition) is 0. The van der Waals surface area contributed by atoms with E-state index in [0.717, 1.165) is 0 Å². The first-order valence-electron chi connectivity index (χ1n) is 19.4. The molecule has 252 valence electrons. The van der Waals surface area contributed by atoms with E-state index in [1.807, 2.05) is 0 Å². The van der Waals surface area contributed by atoms with Gasteiger partial charge in [0.05, 0.1) is 5.41 Å². The van der Waals surface area contributed by atoms with Gasteiger partial charge in [0.15, 0.2) is 0 Å². The highest BCUT2D eigenvalue weighted by Crippen LogP contribution is 2.65. The van der Waals surface area contributed by atoms with Crippen LogP contribution in [0.5, 0.6) is 0 Å². The minimum absolute atomic E-state index is 0.473. The first-order chi connectivity index (χ1) is 27.3. The molecule has 2 aliphatic rings. The maximum absolute atomic E-state index is 2.58. The molecular weight excluding hydrogens is 661 g/mol. The van der Waals surface area contributed by atoms with E-state index in [1.165, 1.54) is 121 Å². The van der Waals surface area contributed by atoms with E-state index in [9.17, 15) is 0 Å². The summed E-state index contributed by atoms with van der Waals surface area (Å²) in [5.74, 6) is 0. The second-order valence-corrected chi connectivity index (χ2v) is 15.5. The van der Waals surface area contributed by atoms with Crippen molar-refractivity contribution in [1.82, 2.24) is 0 Å². The Morgan fingerprint density at radius 2 is 0.764 bits per heavy atom. The quantitative estimate of drug-likeness (QED) is 0.158. The Balaban J connectivity index is 1.18. The van der Waals surface area contributed by atoms with Crippen LogP contribution in [0.25, 0.3) is 98.4 Å². The highest BCUT2D eigenvalue weighted by Gasteiger charge is 2.53. The smallest absolute Gasteiger partial charge is 0.0619 e. The minimum atomic E-state index is -0.473. The van der Waals surface area contributed by atoms with Crippen molar-refractivity contribution in [1.29, 1.82) is 0 Å². The van der Waals surface area contributed by atoms with E-state index < -0.39 is 5.41 Å². The van der Waals surface area contributed by atoms with Crippen LogP contribution >= 0.6 is 0 Å². The van der Waals surface area contributed by atoms with Crippen molar-refractivity contribution in [3.05, 3.63) is 216 Å². The molecular formula is C55H32. The monoisotopic (exact) mass is 692 g/mol. The molecule has 0 radical (unpaired) electrons.